The predicted octanol–water partition coefficient (Wildman–Crippen LogP) is 2.94. The fraction of sp³-hybridized carbons (Fsp3) is 0.650. The monoisotopic (exact) mass is 345 g/mol. The average molecular weight is 345 g/mol. The Morgan fingerprint density at radius 3 is 2.68 bits per heavy atom. The SMILES string of the molecule is CCOc1ccccc1CCNC(=O)NC1C[C@H]2CCC[C@@H](C1)N2C. The first-order valence-electron chi connectivity index (χ1n) is 9.64. The summed E-state index contributed by atoms with van der Waals surface area (Å²) < 4.78 is 5.64. The summed E-state index contributed by atoms with van der Waals surface area (Å²) in [5.41, 5.74) is 1.14. The Morgan fingerprint density at radius 1 is 1.24 bits per heavy atom. The van der Waals surface area contributed by atoms with Crippen molar-refractivity contribution in [1.29, 1.82) is 0 Å². The first-order chi connectivity index (χ1) is 12.2. The van der Waals surface area contributed by atoms with Crippen molar-refractivity contribution >= 4 is 6.03 Å². The molecule has 2 fully saturated rings. The molecule has 1 aromatic rings. The van der Waals surface area contributed by atoms with Crippen LogP contribution >= 0.6 is 0 Å². The molecule has 3 rings (SSSR count). The van der Waals surface area contributed by atoms with Crippen molar-refractivity contribution in [3.05, 3.63) is 29.8 Å². The van der Waals surface area contributed by atoms with Gasteiger partial charge in [0.2, 0.25) is 0 Å². The Kier molecular flexibility index (Phi) is 6.19. The lowest BCUT2D eigenvalue weighted by Gasteiger charge is -2.47. The lowest BCUT2D eigenvalue weighted by molar-refractivity contribution is 0.0509. The van der Waals surface area contributed by atoms with Gasteiger partial charge in [0, 0.05) is 24.7 Å². The second-order valence-electron chi connectivity index (χ2n) is 7.26. The molecular formula is C20H31N3O2. The zero-order chi connectivity index (χ0) is 17.6. The van der Waals surface area contributed by atoms with Crippen molar-refractivity contribution in [3.8, 4) is 5.75 Å². The molecule has 138 valence electrons. The summed E-state index contributed by atoms with van der Waals surface area (Å²) in [5, 5.41) is 6.19. The number of carbonyl (C=O) groups is 1. The second-order valence-corrected chi connectivity index (χ2v) is 7.26. The largest absolute Gasteiger partial charge is 0.494 e. The zero-order valence-electron chi connectivity index (χ0n) is 15.5. The Labute approximate surface area is 151 Å². The van der Waals surface area contributed by atoms with Gasteiger partial charge in [0.15, 0.2) is 0 Å². The molecule has 1 unspecified atom stereocenters. The van der Waals surface area contributed by atoms with Crippen LogP contribution in [-0.2, 0) is 6.42 Å². The number of fused-ring (bicyclic) bond motifs is 2. The van der Waals surface area contributed by atoms with Gasteiger partial charge in [-0.1, -0.05) is 24.6 Å². The zero-order valence-corrected chi connectivity index (χ0v) is 15.5. The van der Waals surface area contributed by atoms with E-state index in [-0.39, 0.29) is 6.03 Å². The van der Waals surface area contributed by atoms with Crippen molar-refractivity contribution in [3.63, 3.8) is 0 Å². The first kappa shape index (κ1) is 18.1. The number of carbonyl (C=O) groups excluding carboxylic acids is 1. The number of nitrogens with zero attached hydrogens (tertiary/aromatic N) is 1. The fourth-order valence-electron chi connectivity index (χ4n) is 4.29. The molecule has 1 aromatic carbocycles. The molecule has 0 aromatic heterocycles. The van der Waals surface area contributed by atoms with E-state index in [0.29, 0.717) is 31.3 Å². The Hall–Kier alpha value is -1.75. The maximum absolute atomic E-state index is 12.2. The number of urea groups is 1. The van der Waals surface area contributed by atoms with E-state index >= 15 is 0 Å². The molecule has 3 atom stereocenters. The summed E-state index contributed by atoms with van der Waals surface area (Å²) in [5.74, 6) is 0.912. The quantitative estimate of drug-likeness (QED) is 0.833. The van der Waals surface area contributed by atoms with E-state index < -0.39 is 0 Å². The van der Waals surface area contributed by atoms with Crippen molar-refractivity contribution in [1.82, 2.24) is 15.5 Å². The van der Waals surface area contributed by atoms with Crippen LogP contribution in [0.5, 0.6) is 5.75 Å². The van der Waals surface area contributed by atoms with Crippen molar-refractivity contribution in [2.24, 2.45) is 0 Å². The van der Waals surface area contributed by atoms with Crippen LogP contribution in [0.4, 0.5) is 4.79 Å². The lowest BCUT2D eigenvalue weighted by Crippen LogP contribution is -2.56. The van der Waals surface area contributed by atoms with E-state index in [4.69, 9.17) is 4.74 Å². The number of benzene rings is 1. The van der Waals surface area contributed by atoms with E-state index in [2.05, 4.69) is 28.6 Å². The molecule has 2 aliphatic heterocycles. The highest BCUT2D eigenvalue weighted by Gasteiger charge is 2.36. The Morgan fingerprint density at radius 2 is 1.96 bits per heavy atom. The predicted molar refractivity (Wildman–Crippen MR) is 100 cm³/mol. The third-order valence-electron chi connectivity index (χ3n) is 5.63. The molecule has 0 spiro atoms. The molecule has 0 saturated carbocycles. The highest BCUT2D eigenvalue weighted by atomic mass is 16.5. The van der Waals surface area contributed by atoms with Crippen molar-refractivity contribution in [2.45, 2.75) is 63.6 Å². The standard InChI is InChI=1S/C20H31N3O2/c1-3-25-19-10-5-4-7-15(19)11-12-21-20(24)22-16-13-17-8-6-9-18(14-16)23(17)2/h4-5,7,10,16-18H,3,6,8-9,11-14H2,1-2H3,(H2,21,22,24)/t16?,17-,18+. The number of piperidine rings is 2. The summed E-state index contributed by atoms with van der Waals surface area (Å²) in [7, 11) is 2.24. The summed E-state index contributed by atoms with van der Waals surface area (Å²) in [6.07, 6.45) is 6.79. The van der Waals surface area contributed by atoms with Gasteiger partial charge in [-0.3, -0.25) is 0 Å². The molecule has 2 bridgehead atoms. The molecule has 0 aliphatic carbocycles. The molecule has 5 heteroatoms. The normalized spacial score (nSPS) is 26.1. The van der Waals surface area contributed by atoms with E-state index in [1.807, 2.05) is 25.1 Å². The first-order valence-corrected chi connectivity index (χ1v) is 9.64. The van der Waals surface area contributed by atoms with Gasteiger partial charge in [-0.2, -0.15) is 0 Å². The van der Waals surface area contributed by atoms with E-state index in [1.165, 1.54) is 19.3 Å². The summed E-state index contributed by atoms with van der Waals surface area (Å²) >= 11 is 0. The number of para-hydroxylation sites is 1. The van der Waals surface area contributed by atoms with Gasteiger partial charge < -0.3 is 20.3 Å². The highest BCUT2D eigenvalue weighted by molar-refractivity contribution is 5.74. The van der Waals surface area contributed by atoms with Crippen LogP contribution in [0.25, 0.3) is 0 Å². The number of rotatable bonds is 6. The molecule has 2 amide bonds. The molecule has 0 radical (unpaired) electrons. The van der Waals surface area contributed by atoms with Gasteiger partial charge in [-0.15, -0.1) is 0 Å². The molecular weight excluding hydrogens is 314 g/mol. The average Bonchev–Trinajstić information content (AvgIpc) is 2.58. The Bertz CT molecular complexity index is 564. The van der Waals surface area contributed by atoms with Crippen LogP contribution in [0.3, 0.4) is 0 Å². The van der Waals surface area contributed by atoms with Crippen LogP contribution in [0, 0.1) is 0 Å². The number of nitrogens with one attached hydrogen (secondary N) is 2. The smallest absolute Gasteiger partial charge is 0.315 e. The number of hydrogen-bond acceptors (Lipinski definition) is 3. The van der Waals surface area contributed by atoms with Crippen LogP contribution in [0.2, 0.25) is 0 Å². The minimum atomic E-state index is -0.0403. The minimum Gasteiger partial charge on any atom is -0.494 e. The van der Waals surface area contributed by atoms with E-state index in [9.17, 15) is 4.79 Å². The third kappa shape index (κ3) is 4.66. The minimum absolute atomic E-state index is 0.0403. The summed E-state index contributed by atoms with van der Waals surface area (Å²) in [4.78, 5) is 14.8. The molecule has 5 nitrogen and oxygen atoms in total. The van der Waals surface area contributed by atoms with Crippen molar-refractivity contribution in [2.75, 3.05) is 20.2 Å². The molecule has 25 heavy (non-hydrogen) atoms. The number of hydrogen-bond donors (Lipinski definition) is 2. The molecule has 2 heterocycles. The maximum Gasteiger partial charge on any atom is 0.315 e. The number of amides is 2. The van der Waals surface area contributed by atoms with Crippen LogP contribution in [0.1, 0.15) is 44.6 Å². The van der Waals surface area contributed by atoms with E-state index in [0.717, 1.165) is 30.6 Å². The van der Waals surface area contributed by atoms with Gasteiger partial charge in [-0.05, 0) is 57.7 Å². The van der Waals surface area contributed by atoms with Gasteiger partial charge >= 0.3 is 6.03 Å². The molecule has 2 aliphatic rings. The van der Waals surface area contributed by atoms with Crippen LogP contribution < -0.4 is 15.4 Å². The highest BCUT2D eigenvalue weighted by Crippen LogP contribution is 2.32. The van der Waals surface area contributed by atoms with Gasteiger partial charge in [0.05, 0.1) is 6.61 Å². The lowest BCUT2D eigenvalue weighted by atomic mass is 9.82. The summed E-state index contributed by atoms with van der Waals surface area (Å²) in [6.45, 7) is 3.26. The van der Waals surface area contributed by atoms with E-state index in [1.54, 1.807) is 0 Å². The van der Waals surface area contributed by atoms with Crippen LogP contribution in [-0.4, -0.2) is 49.3 Å². The fourth-order valence-corrected chi connectivity index (χ4v) is 4.29. The topological polar surface area (TPSA) is 53.6 Å². The van der Waals surface area contributed by atoms with Crippen LogP contribution in [0.15, 0.2) is 24.3 Å². The number of ether oxygens (including phenoxy) is 1. The molecule has 2 saturated heterocycles. The second kappa shape index (κ2) is 8.56. The van der Waals surface area contributed by atoms with Gasteiger partial charge in [0.25, 0.3) is 0 Å². The maximum atomic E-state index is 12.2. The third-order valence-corrected chi connectivity index (χ3v) is 5.63. The van der Waals surface area contributed by atoms with Gasteiger partial charge in [-0.25, -0.2) is 4.79 Å². The van der Waals surface area contributed by atoms with Gasteiger partial charge in [0.1, 0.15) is 5.75 Å². The van der Waals surface area contributed by atoms with Crippen molar-refractivity contribution < 1.29 is 9.53 Å². The Balaban J connectivity index is 1.43. The molecule has 2 N–H and O–H groups in total. The summed E-state index contributed by atoms with van der Waals surface area (Å²) in [6, 6.07) is 9.56.